The average Bonchev–Trinajstić information content (AvgIpc) is 2.51. The first-order chi connectivity index (χ1) is 11.1. The molecule has 0 atom stereocenters. The van der Waals surface area contributed by atoms with Crippen molar-refractivity contribution in [3.63, 3.8) is 0 Å². The minimum Gasteiger partial charge on any atom is -0.335 e. The third kappa shape index (κ3) is 3.33. The summed E-state index contributed by atoms with van der Waals surface area (Å²) in [6, 6.07) is 0. The largest absolute Gasteiger partial charge is 0.335 e. The number of likely N-dealkylation sites (tertiary alicyclic amines) is 1. The molecule has 128 valence electrons. The summed E-state index contributed by atoms with van der Waals surface area (Å²) in [6.45, 7) is 5.77. The van der Waals surface area contributed by atoms with Crippen LogP contribution in [0.15, 0.2) is 5.10 Å². The second-order valence-corrected chi connectivity index (χ2v) is 8.91. The second kappa shape index (κ2) is 6.19. The Morgan fingerprint density at radius 1 is 1.13 bits per heavy atom. The fraction of sp³-hybridized carbons (Fsp3) is 0.895. The van der Waals surface area contributed by atoms with Gasteiger partial charge in [0.2, 0.25) is 5.91 Å². The van der Waals surface area contributed by atoms with Crippen LogP contribution in [-0.4, -0.2) is 31.3 Å². The number of nitrogens with zero attached hydrogens (tertiary/aromatic N) is 1. The van der Waals surface area contributed by atoms with E-state index in [2.05, 4.69) is 17.5 Å². The Morgan fingerprint density at radius 2 is 1.70 bits per heavy atom. The van der Waals surface area contributed by atoms with Crippen LogP contribution in [0.2, 0.25) is 0 Å². The highest BCUT2D eigenvalue weighted by Gasteiger charge is 2.51. The number of carbonyl (C=O) groups excluding carboxylic acids is 1. The van der Waals surface area contributed by atoms with Gasteiger partial charge in [0.25, 0.3) is 0 Å². The van der Waals surface area contributed by atoms with Gasteiger partial charge in [-0.3, -0.25) is 4.79 Å². The third-order valence-electron chi connectivity index (χ3n) is 7.07. The van der Waals surface area contributed by atoms with Gasteiger partial charge in [0, 0.05) is 25.0 Å². The standard InChI is InChI=1S/C19H31N3O/c1-2-22-5-3-17(4-6-22)20-21-18(23)13-19-10-14-7-15(11-19)9-16(8-14)12-19/h14-16H,2-13H2,1H3,(H,21,23)/p+1. The molecule has 0 aromatic carbocycles. The van der Waals surface area contributed by atoms with Gasteiger partial charge in [-0.05, 0) is 68.6 Å². The van der Waals surface area contributed by atoms with E-state index in [1.54, 1.807) is 4.90 Å². The zero-order valence-electron chi connectivity index (χ0n) is 14.6. The molecule has 4 bridgehead atoms. The van der Waals surface area contributed by atoms with Crippen molar-refractivity contribution in [2.24, 2.45) is 28.3 Å². The molecule has 5 fully saturated rings. The normalized spacial score (nSPS) is 41.9. The van der Waals surface area contributed by atoms with Gasteiger partial charge in [0.1, 0.15) is 0 Å². The quantitative estimate of drug-likeness (QED) is 0.763. The Labute approximate surface area is 140 Å². The Bertz CT molecular complexity index is 454. The first-order valence-corrected chi connectivity index (χ1v) is 9.82. The number of amides is 1. The monoisotopic (exact) mass is 318 g/mol. The molecule has 1 heterocycles. The number of quaternary nitrogens is 1. The molecule has 5 aliphatic rings. The predicted molar refractivity (Wildman–Crippen MR) is 91.3 cm³/mol. The van der Waals surface area contributed by atoms with E-state index in [1.807, 2.05) is 0 Å². The maximum Gasteiger partial charge on any atom is 0.240 e. The molecule has 1 amide bonds. The Morgan fingerprint density at radius 3 is 2.22 bits per heavy atom. The van der Waals surface area contributed by atoms with Gasteiger partial charge in [-0.25, -0.2) is 5.43 Å². The lowest BCUT2D eigenvalue weighted by molar-refractivity contribution is -0.899. The number of piperidine rings is 1. The minimum atomic E-state index is 0.171. The van der Waals surface area contributed by atoms with E-state index in [0.717, 1.165) is 37.0 Å². The fourth-order valence-electron chi connectivity index (χ4n) is 6.39. The summed E-state index contributed by atoms with van der Waals surface area (Å²) in [5.74, 6) is 2.93. The molecule has 0 aromatic rings. The average molecular weight is 318 g/mol. The van der Waals surface area contributed by atoms with Crippen LogP contribution in [0.25, 0.3) is 0 Å². The molecule has 2 N–H and O–H groups in total. The van der Waals surface area contributed by atoms with Crippen molar-refractivity contribution >= 4 is 11.6 Å². The summed E-state index contributed by atoms with van der Waals surface area (Å²) in [7, 11) is 0. The van der Waals surface area contributed by atoms with Gasteiger partial charge < -0.3 is 4.90 Å². The molecule has 4 saturated carbocycles. The van der Waals surface area contributed by atoms with E-state index in [0.29, 0.717) is 5.41 Å². The molecular weight excluding hydrogens is 286 g/mol. The first-order valence-electron chi connectivity index (χ1n) is 9.82. The van der Waals surface area contributed by atoms with E-state index in [1.165, 1.54) is 63.9 Å². The number of carbonyl (C=O) groups is 1. The summed E-state index contributed by atoms with van der Waals surface area (Å²) in [5.41, 5.74) is 4.42. The number of hydrazone groups is 1. The molecule has 4 heteroatoms. The van der Waals surface area contributed by atoms with Crippen molar-refractivity contribution in [2.75, 3.05) is 19.6 Å². The molecule has 0 radical (unpaired) electrons. The van der Waals surface area contributed by atoms with Crippen LogP contribution in [0.3, 0.4) is 0 Å². The number of hydrogen-bond acceptors (Lipinski definition) is 2. The van der Waals surface area contributed by atoms with E-state index < -0.39 is 0 Å². The molecule has 1 saturated heterocycles. The highest BCUT2D eigenvalue weighted by molar-refractivity contribution is 5.86. The lowest BCUT2D eigenvalue weighted by Crippen LogP contribution is -3.12. The fourth-order valence-corrected chi connectivity index (χ4v) is 6.39. The predicted octanol–water partition coefficient (Wildman–Crippen LogP) is 1.76. The van der Waals surface area contributed by atoms with Crippen molar-refractivity contribution < 1.29 is 9.69 Å². The Kier molecular flexibility index (Phi) is 4.21. The summed E-state index contributed by atoms with van der Waals surface area (Å²) >= 11 is 0. The van der Waals surface area contributed by atoms with Crippen LogP contribution >= 0.6 is 0 Å². The highest BCUT2D eigenvalue weighted by atomic mass is 16.2. The lowest BCUT2D eigenvalue weighted by Gasteiger charge is -2.56. The smallest absolute Gasteiger partial charge is 0.240 e. The van der Waals surface area contributed by atoms with Crippen molar-refractivity contribution in [1.29, 1.82) is 0 Å². The molecule has 4 nitrogen and oxygen atoms in total. The molecule has 23 heavy (non-hydrogen) atoms. The lowest BCUT2D eigenvalue weighted by atomic mass is 9.49. The van der Waals surface area contributed by atoms with Crippen molar-refractivity contribution in [3.8, 4) is 0 Å². The van der Waals surface area contributed by atoms with Crippen LogP contribution in [0.5, 0.6) is 0 Å². The van der Waals surface area contributed by atoms with E-state index in [-0.39, 0.29) is 5.91 Å². The third-order valence-corrected chi connectivity index (χ3v) is 7.07. The highest BCUT2D eigenvalue weighted by Crippen LogP contribution is 2.61. The van der Waals surface area contributed by atoms with Crippen molar-refractivity contribution in [3.05, 3.63) is 0 Å². The number of rotatable bonds is 4. The molecule has 4 aliphatic carbocycles. The molecule has 5 rings (SSSR count). The van der Waals surface area contributed by atoms with Crippen LogP contribution in [0.1, 0.15) is 64.7 Å². The molecular formula is C19H32N3O+. The molecule has 0 spiro atoms. The zero-order valence-corrected chi connectivity index (χ0v) is 14.6. The summed E-state index contributed by atoms with van der Waals surface area (Å²) in [5, 5.41) is 4.45. The topological polar surface area (TPSA) is 45.9 Å². The summed E-state index contributed by atoms with van der Waals surface area (Å²) in [6.07, 6.45) is 11.0. The Hall–Kier alpha value is -0.900. The first kappa shape index (κ1) is 15.6. The second-order valence-electron chi connectivity index (χ2n) is 8.91. The SMILES string of the molecule is CC[NH+]1CCC(=NNC(=O)CC23CC4CC(CC(C4)C2)C3)CC1. The van der Waals surface area contributed by atoms with E-state index >= 15 is 0 Å². The van der Waals surface area contributed by atoms with Crippen molar-refractivity contribution in [1.82, 2.24) is 5.43 Å². The maximum absolute atomic E-state index is 12.5. The van der Waals surface area contributed by atoms with Gasteiger partial charge in [-0.15, -0.1) is 0 Å². The maximum atomic E-state index is 12.5. The molecule has 0 unspecified atom stereocenters. The summed E-state index contributed by atoms with van der Waals surface area (Å²) in [4.78, 5) is 14.1. The minimum absolute atomic E-state index is 0.171. The number of hydrogen-bond donors (Lipinski definition) is 2. The summed E-state index contributed by atoms with van der Waals surface area (Å²) < 4.78 is 0. The molecule has 1 aliphatic heterocycles. The van der Waals surface area contributed by atoms with Gasteiger partial charge in [-0.2, -0.15) is 5.10 Å². The van der Waals surface area contributed by atoms with Crippen LogP contribution in [-0.2, 0) is 4.79 Å². The van der Waals surface area contributed by atoms with Gasteiger partial charge in [-0.1, -0.05) is 0 Å². The Balaban J connectivity index is 1.31. The van der Waals surface area contributed by atoms with E-state index in [4.69, 9.17) is 0 Å². The zero-order chi connectivity index (χ0) is 15.9. The van der Waals surface area contributed by atoms with Gasteiger partial charge >= 0.3 is 0 Å². The molecule has 0 aromatic heterocycles. The van der Waals surface area contributed by atoms with Crippen LogP contribution in [0, 0.1) is 23.2 Å². The van der Waals surface area contributed by atoms with Crippen LogP contribution < -0.4 is 10.3 Å². The van der Waals surface area contributed by atoms with Gasteiger partial charge in [0.15, 0.2) is 0 Å². The number of nitrogens with one attached hydrogen (secondary N) is 2. The van der Waals surface area contributed by atoms with Gasteiger partial charge in [0.05, 0.1) is 19.6 Å². The van der Waals surface area contributed by atoms with Crippen LogP contribution in [0.4, 0.5) is 0 Å². The van der Waals surface area contributed by atoms with Crippen molar-refractivity contribution in [2.45, 2.75) is 64.7 Å². The van der Waals surface area contributed by atoms with E-state index in [9.17, 15) is 4.79 Å².